The minimum Gasteiger partial charge on any atom is -0.387 e. The average molecular weight is 606 g/mol. The highest BCUT2D eigenvalue weighted by molar-refractivity contribution is 6.32. The molecule has 1 aromatic heterocycles. The first kappa shape index (κ1) is 34.2. The zero-order chi connectivity index (χ0) is 33.6. The molecule has 0 aliphatic rings. The Bertz CT molecular complexity index is 1840. The standard InChI is InChI=1S/C36H30BN.C6H14O2/c1-5-27(30-16-13-17-31(22-30)29-14-9-7-10-15-29)24-35-25(3)26(4)36(38(35)33-18-11-8-12-19-33)34-21-20-32(37)23-28(34)6-2;1-5(2,7)6(3,4)8/h5-24H,1-2H2,3-4H3;7-8H,1-4H3/b27-24+;. The zero-order valence-electron chi connectivity index (χ0n) is 27.9. The summed E-state index contributed by atoms with van der Waals surface area (Å²) in [5, 5.41) is 18.2. The molecule has 5 aromatic rings. The Balaban J connectivity index is 0.000000533. The van der Waals surface area contributed by atoms with Crippen LogP contribution in [0.5, 0.6) is 0 Å². The summed E-state index contributed by atoms with van der Waals surface area (Å²) in [6, 6.07) is 35.6. The fraction of sp³-hybridized carbons (Fsp3) is 0.190. The van der Waals surface area contributed by atoms with Crippen LogP contribution >= 0.6 is 0 Å². The normalized spacial score (nSPS) is 11.9. The van der Waals surface area contributed by atoms with Gasteiger partial charge in [0.2, 0.25) is 0 Å². The molecule has 2 N–H and O–H groups in total. The number of aromatic nitrogens is 1. The van der Waals surface area contributed by atoms with E-state index in [1.165, 1.54) is 22.3 Å². The van der Waals surface area contributed by atoms with Crippen LogP contribution in [0.25, 0.3) is 45.8 Å². The highest BCUT2D eigenvalue weighted by Gasteiger charge is 2.32. The lowest BCUT2D eigenvalue weighted by Crippen LogP contribution is -2.44. The molecule has 5 rings (SSSR count). The molecule has 0 unspecified atom stereocenters. The predicted octanol–water partition coefficient (Wildman–Crippen LogP) is 9.12. The fourth-order valence-corrected chi connectivity index (χ4v) is 5.05. The van der Waals surface area contributed by atoms with Gasteiger partial charge in [0.15, 0.2) is 0 Å². The summed E-state index contributed by atoms with van der Waals surface area (Å²) >= 11 is 0. The van der Waals surface area contributed by atoms with E-state index < -0.39 is 11.2 Å². The summed E-state index contributed by atoms with van der Waals surface area (Å²) in [5.41, 5.74) is 11.2. The van der Waals surface area contributed by atoms with Crippen molar-refractivity contribution >= 4 is 31.0 Å². The summed E-state index contributed by atoms with van der Waals surface area (Å²) < 4.78 is 2.34. The topological polar surface area (TPSA) is 45.4 Å². The first-order valence-electron chi connectivity index (χ1n) is 15.5. The van der Waals surface area contributed by atoms with Gasteiger partial charge in [-0.25, -0.2) is 0 Å². The lowest BCUT2D eigenvalue weighted by Gasteiger charge is -2.31. The van der Waals surface area contributed by atoms with Gasteiger partial charge in [0.1, 0.15) is 7.85 Å². The molecule has 0 aliphatic heterocycles. The van der Waals surface area contributed by atoms with E-state index in [9.17, 15) is 0 Å². The number of nitrogens with zero attached hydrogens (tertiary/aromatic N) is 1. The first-order valence-corrected chi connectivity index (χ1v) is 15.5. The third-order valence-corrected chi connectivity index (χ3v) is 8.64. The molecule has 0 atom stereocenters. The second-order valence-corrected chi connectivity index (χ2v) is 12.6. The van der Waals surface area contributed by atoms with Crippen molar-refractivity contribution in [3.63, 3.8) is 0 Å². The van der Waals surface area contributed by atoms with Crippen molar-refractivity contribution in [2.75, 3.05) is 0 Å². The molecular weight excluding hydrogens is 561 g/mol. The SMILES string of the molecule is CC(C)(O)C(C)(C)O.[B]c1ccc(-c2c(C)c(C)c(/C=C(\C=C)c3cccc(-c4ccccc4)c3)n2-c2ccccc2)c(C=C)c1. The minimum atomic E-state index is -1.01. The number of benzene rings is 4. The van der Waals surface area contributed by atoms with E-state index in [0.717, 1.165) is 44.8 Å². The monoisotopic (exact) mass is 605 g/mol. The van der Waals surface area contributed by atoms with Gasteiger partial charge in [-0.2, -0.15) is 0 Å². The van der Waals surface area contributed by atoms with Gasteiger partial charge in [0.05, 0.1) is 22.6 Å². The van der Waals surface area contributed by atoms with Crippen LogP contribution in [-0.2, 0) is 0 Å². The van der Waals surface area contributed by atoms with E-state index in [-0.39, 0.29) is 0 Å². The molecule has 0 bridgehead atoms. The Morgan fingerprint density at radius 1 is 0.717 bits per heavy atom. The van der Waals surface area contributed by atoms with Crippen molar-refractivity contribution in [2.45, 2.75) is 52.7 Å². The number of hydrogen-bond donors (Lipinski definition) is 2. The van der Waals surface area contributed by atoms with Gasteiger partial charge >= 0.3 is 0 Å². The van der Waals surface area contributed by atoms with Gasteiger partial charge in [0, 0.05) is 11.3 Å². The molecule has 0 spiro atoms. The van der Waals surface area contributed by atoms with Gasteiger partial charge < -0.3 is 14.8 Å². The van der Waals surface area contributed by atoms with E-state index in [2.05, 4.69) is 117 Å². The van der Waals surface area contributed by atoms with Gasteiger partial charge in [-0.3, -0.25) is 0 Å². The smallest absolute Gasteiger partial charge is 0.113 e. The van der Waals surface area contributed by atoms with Gasteiger partial charge in [0.25, 0.3) is 0 Å². The van der Waals surface area contributed by atoms with Crippen molar-refractivity contribution in [1.29, 1.82) is 0 Å². The van der Waals surface area contributed by atoms with Gasteiger partial charge in [-0.05, 0) is 105 Å². The summed E-state index contributed by atoms with van der Waals surface area (Å²) in [7, 11) is 6.13. The molecule has 0 aliphatic carbocycles. The van der Waals surface area contributed by atoms with Crippen LogP contribution in [0.2, 0.25) is 0 Å². The van der Waals surface area contributed by atoms with Crippen LogP contribution in [0.4, 0.5) is 0 Å². The second-order valence-electron chi connectivity index (χ2n) is 12.6. The van der Waals surface area contributed by atoms with Crippen molar-refractivity contribution in [3.05, 3.63) is 150 Å². The largest absolute Gasteiger partial charge is 0.387 e. The van der Waals surface area contributed by atoms with E-state index in [1.54, 1.807) is 27.7 Å². The number of aliphatic hydroxyl groups is 2. The molecule has 2 radical (unpaired) electrons. The zero-order valence-corrected chi connectivity index (χ0v) is 27.9. The fourth-order valence-electron chi connectivity index (χ4n) is 5.05. The Hall–Kier alpha value is -4.64. The Labute approximate surface area is 276 Å². The Morgan fingerprint density at radius 2 is 1.30 bits per heavy atom. The van der Waals surface area contributed by atoms with Crippen molar-refractivity contribution in [2.24, 2.45) is 0 Å². The van der Waals surface area contributed by atoms with Crippen LogP contribution in [0.3, 0.4) is 0 Å². The molecular formula is C42H44BNO2. The van der Waals surface area contributed by atoms with Crippen molar-refractivity contribution < 1.29 is 10.2 Å². The molecule has 1 heterocycles. The van der Waals surface area contributed by atoms with Crippen molar-refractivity contribution in [3.8, 4) is 28.1 Å². The van der Waals surface area contributed by atoms with E-state index >= 15 is 0 Å². The van der Waals surface area contributed by atoms with Gasteiger partial charge in [-0.1, -0.05) is 116 Å². The maximum atomic E-state index is 9.10. The highest BCUT2D eigenvalue weighted by atomic mass is 16.3. The molecule has 0 fully saturated rings. The molecule has 232 valence electrons. The molecule has 0 saturated heterocycles. The summed E-state index contributed by atoms with van der Waals surface area (Å²) in [6.07, 6.45) is 6.07. The molecule has 4 aromatic carbocycles. The van der Waals surface area contributed by atoms with Crippen LogP contribution < -0.4 is 5.46 Å². The maximum Gasteiger partial charge on any atom is 0.113 e. The Kier molecular flexibility index (Phi) is 10.6. The number of rotatable bonds is 8. The van der Waals surface area contributed by atoms with Crippen LogP contribution in [0, 0.1) is 13.8 Å². The summed E-state index contributed by atoms with van der Waals surface area (Å²) in [4.78, 5) is 0. The quantitative estimate of drug-likeness (QED) is 0.137. The Morgan fingerprint density at radius 3 is 1.87 bits per heavy atom. The molecule has 3 nitrogen and oxygen atoms in total. The maximum absolute atomic E-state index is 9.10. The summed E-state index contributed by atoms with van der Waals surface area (Å²) in [6.45, 7) is 18.9. The van der Waals surface area contributed by atoms with Crippen LogP contribution in [-0.4, -0.2) is 33.8 Å². The summed E-state index contributed by atoms with van der Waals surface area (Å²) in [5.74, 6) is 0. The van der Waals surface area contributed by atoms with Gasteiger partial charge in [-0.15, -0.1) is 0 Å². The van der Waals surface area contributed by atoms with E-state index in [4.69, 9.17) is 18.1 Å². The van der Waals surface area contributed by atoms with E-state index in [0.29, 0.717) is 0 Å². The van der Waals surface area contributed by atoms with E-state index in [1.807, 2.05) is 36.4 Å². The predicted molar refractivity (Wildman–Crippen MR) is 199 cm³/mol. The van der Waals surface area contributed by atoms with Crippen LogP contribution in [0.15, 0.2) is 122 Å². The lowest BCUT2D eigenvalue weighted by atomic mass is 9.90. The average Bonchev–Trinajstić information content (AvgIpc) is 3.28. The lowest BCUT2D eigenvalue weighted by molar-refractivity contribution is -0.107. The van der Waals surface area contributed by atoms with Crippen molar-refractivity contribution in [1.82, 2.24) is 4.57 Å². The number of allylic oxidation sites excluding steroid dienone is 2. The molecule has 4 heteroatoms. The minimum absolute atomic E-state index is 0.725. The number of para-hydroxylation sites is 1. The highest BCUT2D eigenvalue weighted by Crippen LogP contribution is 2.38. The molecule has 0 amide bonds. The third-order valence-electron chi connectivity index (χ3n) is 8.64. The second kappa shape index (κ2) is 14.2. The number of hydrogen-bond acceptors (Lipinski definition) is 2. The van der Waals surface area contributed by atoms with Crippen LogP contribution in [0.1, 0.15) is 55.6 Å². The third kappa shape index (κ3) is 7.59. The molecule has 0 saturated carbocycles. The molecule has 46 heavy (non-hydrogen) atoms. The first-order chi connectivity index (χ1) is 21.8.